The highest BCUT2D eigenvalue weighted by molar-refractivity contribution is 9.09. The molecule has 1 saturated heterocycles. The lowest BCUT2D eigenvalue weighted by Crippen LogP contribution is -2.47. The van der Waals surface area contributed by atoms with E-state index in [1.165, 1.54) is 0 Å². The van der Waals surface area contributed by atoms with Crippen molar-refractivity contribution < 1.29 is 9.47 Å². The molecule has 1 heterocycles. The second-order valence-electron chi connectivity index (χ2n) is 5.00. The summed E-state index contributed by atoms with van der Waals surface area (Å²) in [7, 11) is 0. The van der Waals surface area contributed by atoms with Crippen LogP contribution in [0.5, 0.6) is 5.75 Å². The van der Waals surface area contributed by atoms with E-state index in [0.717, 1.165) is 43.7 Å². The molecule has 4 heteroatoms. The molecule has 1 aromatic carbocycles. The quantitative estimate of drug-likeness (QED) is 0.592. The molecule has 3 nitrogen and oxygen atoms in total. The van der Waals surface area contributed by atoms with Gasteiger partial charge < -0.3 is 9.47 Å². The zero-order valence-corrected chi connectivity index (χ0v) is 13.0. The van der Waals surface area contributed by atoms with Gasteiger partial charge in [-0.25, -0.2) is 0 Å². The summed E-state index contributed by atoms with van der Waals surface area (Å²) in [5.74, 6) is 0.955. The van der Waals surface area contributed by atoms with Crippen molar-refractivity contribution in [3.63, 3.8) is 0 Å². The number of morpholine rings is 1. The largest absolute Gasteiger partial charge is 0.494 e. The molecule has 1 fully saturated rings. The molecule has 2 unspecified atom stereocenters. The van der Waals surface area contributed by atoms with Crippen LogP contribution in [-0.4, -0.2) is 48.7 Å². The van der Waals surface area contributed by atoms with Gasteiger partial charge in [-0.15, -0.1) is 0 Å². The third-order valence-corrected chi connectivity index (χ3v) is 3.93. The van der Waals surface area contributed by atoms with Gasteiger partial charge in [0.2, 0.25) is 0 Å². The minimum absolute atomic E-state index is 0.318. The third-order valence-electron chi connectivity index (χ3n) is 3.20. The summed E-state index contributed by atoms with van der Waals surface area (Å²) >= 11 is 3.50. The molecule has 2 atom stereocenters. The molecule has 0 aliphatic carbocycles. The number of ether oxygens (including phenoxy) is 2. The first-order chi connectivity index (χ1) is 9.28. The van der Waals surface area contributed by atoms with Crippen LogP contribution >= 0.6 is 15.9 Å². The Labute approximate surface area is 124 Å². The van der Waals surface area contributed by atoms with Crippen molar-refractivity contribution in [2.75, 3.05) is 31.6 Å². The average Bonchev–Trinajstić information content (AvgIpc) is 2.44. The fourth-order valence-electron chi connectivity index (χ4n) is 2.40. The predicted octanol–water partition coefficient (Wildman–Crippen LogP) is 2.94. The van der Waals surface area contributed by atoms with Gasteiger partial charge in [-0.05, 0) is 25.5 Å². The van der Waals surface area contributed by atoms with E-state index in [2.05, 4.69) is 27.8 Å². The number of benzene rings is 1. The summed E-state index contributed by atoms with van der Waals surface area (Å²) in [5, 5.41) is 0.911. The van der Waals surface area contributed by atoms with Crippen molar-refractivity contribution in [3.8, 4) is 5.75 Å². The Morgan fingerprint density at radius 1 is 1.32 bits per heavy atom. The molecular formula is C15H22BrNO2. The normalized spacial score (nSPS) is 24.3. The average molecular weight is 328 g/mol. The Balaban J connectivity index is 1.65. The minimum Gasteiger partial charge on any atom is -0.494 e. The lowest BCUT2D eigenvalue weighted by molar-refractivity contribution is -0.0659. The van der Waals surface area contributed by atoms with Crippen molar-refractivity contribution in [1.29, 1.82) is 0 Å². The summed E-state index contributed by atoms with van der Waals surface area (Å²) in [6.45, 7) is 6.02. The molecule has 0 spiro atoms. The first-order valence-corrected chi connectivity index (χ1v) is 8.01. The molecule has 2 rings (SSSR count). The molecule has 0 aromatic heterocycles. The summed E-state index contributed by atoms with van der Waals surface area (Å²) < 4.78 is 11.5. The zero-order chi connectivity index (χ0) is 13.5. The molecule has 1 aliphatic heterocycles. The molecule has 0 saturated carbocycles. The van der Waals surface area contributed by atoms with Crippen molar-refractivity contribution in [2.45, 2.75) is 25.6 Å². The number of halogens is 1. The van der Waals surface area contributed by atoms with Gasteiger partial charge in [0.05, 0.1) is 18.8 Å². The van der Waals surface area contributed by atoms with E-state index in [1.807, 2.05) is 30.3 Å². The Bertz CT molecular complexity index is 360. The number of para-hydroxylation sites is 1. The summed E-state index contributed by atoms with van der Waals surface area (Å²) in [6, 6.07) is 10.00. The van der Waals surface area contributed by atoms with Gasteiger partial charge in [-0.2, -0.15) is 0 Å². The van der Waals surface area contributed by atoms with Crippen molar-refractivity contribution in [3.05, 3.63) is 30.3 Å². The van der Waals surface area contributed by atoms with E-state index in [9.17, 15) is 0 Å². The molecule has 0 amide bonds. The SMILES string of the molecule is CC1CN(CCCOc2ccccc2)CC(CBr)O1. The van der Waals surface area contributed by atoms with Crippen LogP contribution in [0.3, 0.4) is 0 Å². The van der Waals surface area contributed by atoms with Crippen LogP contribution in [0.4, 0.5) is 0 Å². The number of nitrogens with zero attached hydrogens (tertiary/aromatic N) is 1. The minimum atomic E-state index is 0.318. The van der Waals surface area contributed by atoms with Crippen LogP contribution in [0, 0.1) is 0 Å². The van der Waals surface area contributed by atoms with Crippen molar-refractivity contribution in [1.82, 2.24) is 4.90 Å². The lowest BCUT2D eigenvalue weighted by Gasteiger charge is -2.36. The van der Waals surface area contributed by atoms with Crippen LogP contribution < -0.4 is 4.74 Å². The Hall–Kier alpha value is -0.580. The van der Waals surface area contributed by atoms with Gasteiger partial charge >= 0.3 is 0 Å². The Kier molecular flexibility index (Phi) is 6.14. The zero-order valence-electron chi connectivity index (χ0n) is 11.4. The highest BCUT2D eigenvalue weighted by Crippen LogP contribution is 2.13. The highest BCUT2D eigenvalue weighted by Gasteiger charge is 2.23. The molecular weight excluding hydrogens is 306 g/mol. The van der Waals surface area contributed by atoms with Gasteiger partial charge in [0.1, 0.15) is 5.75 Å². The first kappa shape index (κ1) is 14.8. The Morgan fingerprint density at radius 2 is 2.11 bits per heavy atom. The standard InChI is InChI=1S/C15H22BrNO2/c1-13-11-17(12-15(10-16)19-13)8-5-9-18-14-6-3-2-4-7-14/h2-4,6-7,13,15H,5,8-12H2,1H3. The van der Waals surface area contributed by atoms with E-state index in [-0.39, 0.29) is 0 Å². The molecule has 19 heavy (non-hydrogen) atoms. The van der Waals surface area contributed by atoms with E-state index < -0.39 is 0 Å². The number of alkyl halides is 1. The first-order valence-electron chi connectivity index (χ1n) is 6.89. The van der Waals surface area contributed by atoms with Gasteiger partial charge in [-0.1, -0.05) is 34.1 Å². The number of hydrogen-bond donors (Lipinski definition) is 0. The van der Waals surface area contributed by atoms with E-state index in [4.69, 9.17) is 9.47 Å². The topological polar surface area (TPSA) is 21.7 Å². The highest BCUT2D eigenvalue weighted by atomic mass is 79.9. The second kappa shape index (κ2) is 7.88. The summed E-state index contributed by atoms with van der Waals surface area (Å²) in [5.41, 5.74) is 0. The third kappa shape index (κ3) is 5.13. The number of rotatable bonds is 6. The van der Waals surface area contributed by atoms with Gasteiger partial charge in [0.25, 0.3) is 0 Å². The molecule has 0 bridgehead atoms. The van der Waals surface area contributed by atoms with Crippen LogP contribution in [0.2, 0.25) is 0 Å². The molecule has 106 valence electrons. The predicted molar refractivity (Wildman–Crippen MR) is 81.1 cm³/mol. The lowest BCUT2D eigenvalue weighted by atomic mass is 10.2. The van der Waals surface area contributed by atoms with Gasteiger partial charge in [0, 0.05) is 25.0 Å². The van der Waals surface area contributed by atoms with Gasteiger partial charge in [0.15, 0.2) is 0 Å². The monoisotopic (exact) mass is 327 g/mol. The molecule has 0 radical (unpaired) electrons. The fourth-order valence-corrected chi connectivity index (χ4v) is 2.76. The second-order valence-corrected chi connectivity index (χ2v) is 5.65. The Morgan fingerprint density at radius 3 is 2.84 bits per heavy atom. The maximum Gasteiger partial charge on any atom is 0.119 e. The van der Waals surface area contributed by atoms with E-state index in [1.54, 1.807) is 0 Å². The smallest absolute Gasteiger partial charge is 0.119 e. The molecule has 1 aromatic rings. The molecule has 0 N–H and O–H groups in total. The number of hydrogen-bond acceptors (Lipinski definition) is 3. The molecule has 1 aliphatic rings. The van der Waals surface area contributed by atoms with Crippen molar-refractivity contribution in [2.24, 2.45) is 0 Å². The fraction of sp³-hybridized carbons (Fsp3) is 0.600. The summed E-state index contributed by atoms with van der Waals surface area (Å²) in [6.07, 6.45) is 1.70. The van der Waals surface area contributed by atoms with Gasteiger partial charge in [-0.3, -0.25) is 4.90 Å². The van der Waals surface area contributed by atoms with E-state index in [0.29, 0.717) is 12.2 Å². The van der Waals surface area contributed by atoms with Crippen LogP contribution in [0.1, 0.15) is 13.3 Å². The maximum absolute atomic E-state index is 5.82. The maximum atomic E-state index is 5.82. The van der Waals surface area contributed by atoms with Crippen LogP contribution in [-0.2, 0) is 4.74 Å². The van der Waals surface area contributed by atoms with Crippen LogP contribution in [0.25, 0.3) is 0 Å². The summed E-state index contributed by atoms with van der Waals surface area (Å²) in [4.78, 5) is 2.47. The van der Waals surface area contributed by atoms with Crippen molar-refractivity contribution >= 4 is 15.9 Å². The van der Waals surface area contributed by atoms with Crippen LogP contribution in [0.15, 0.2) is 30.3 Å². The van der Waals surface area contributed by atoms with E-state index >= 15 is 0 Å².